The Labute approximate surface area is 395 Å². The van der Waals surface area contributed by atoms with Crippen molar-refractivity contribution < 1.29 is 13.3 Å². The summed E-state index contributed by atoms with van der Waals surface area (Å²) < 4.78 is 21.7. The molecule has 0 saturated heterocycles. The molecule has 4 heteroatoms. The molecule has 0 heterocycles. The van der Waals surface area contributed by atoms with Crippen LogP contribution in [-0.4, -0.2) is 28.1 Å². The maximum absolute atomic E-state index is 7.85. The van der Waals surface area contributed by atoms with Crippen LogP contribution < -0.4 is 0 Å². The van der Waals surface area contributed by atoms with E-state index < -0.39 is 8.80 Å². The summed E-state index contributed by atoms with van der Waals surface area (Å²) >= 11 is 0. The fraction of sp³-hybridized carbons (Fsp3) is 1.00. The van der Waals surface area contributed by atoms with Gasteiger partial charge in [-0.25, -0.2) is 0 Å². The quantitative estimate of drug-likeness (QED) is 0.0450. The Balaban J connectivity index is 5.97. The fourth-order valence-corrected chi connectivity index (χ4v) is 12.8. The van der Waals surface area contributed by atoms with Gasteiger partial charge >= 0.3 is 8.80 Å². The van der Waals surface area contributed by atoms with Crippen molar-refractivity contribution >= 4 is 8.80 Å². The number of hydrogen-bond acceptors (Lipinski definition) is 3. The second kappa shape index (κ2) is 50.5. The molecule has 0 aromatic carbocycles. The predicted molar refractivity (Wildman–Crippen MR) is 282 cm³/mol. The van der Waals surface area contributed by atoms with Crippen LogP contribution in [0.2, 0.25) is 6.04 Å². The van der Waals surface area contributed by atoms with Crippen LogP contribution in [0.15, 0.2) is 0 Å². The van der Waals surface area contributed by atoms with E-state index in [0.29, 0.717) is 0 Å². The van der Waals surface area contributed by atoms with Gasteiger partial charge in [0.05, 0.1) is 5.60 Å². The lowest BCUT2D eigenvalue weighted by molar-refractivity contribution is -0.0457. The molecule has 0 amide bonds. The van der Waals surface area contributed by atoms with Gasteiger partial charge in [-0.05, 0) is 32.1 Å². The van der Waals surface area contributed by atoms with Gasteiger partial charge in [-0.2, -0.15) is 0 Å². The first-order valence-electron chi connectivity index (χ1n) is 29.5. The third-order valence-electron chi connectivity index (χ3n) is 14.3. The first kappa shape index (κ1) is 62.1. The average molecular weight is 894 g/mol. The van der Waals surface area contributed by atoms with Gasteiger partial charge in [0.2, 0.25) is 0 Å². The Bertz CT molecular complexity index is 765. The minimum atomic E-state index is -2.87. The SMILES string of the molecule is CCCCCCCCCCCCO[Si](CCCCCCCCCCC)(OC)OC(CCCCCCCCCCC)(CCCCCCCCCCC)CCCCCCCCCCC. The highest BCUT2D eigenvalue weighted by atomic mass is 28.4. The first-order valence-corrected chi connectivity index (χ1v) is 31.4. The molecule has 1 atom stereocenters. The summed E-state index contributed by atoms with van der Waals surface area (Å²) in [5.74, 6) is 0. The monoisotopic (exact) mass is 893 g/mol. The van der Waals surface area contributed by atoms with E-state index >= 15 is 0 Å². The van der Waals surface area contributed by atoms with Crippen molar-refractivity contribution in [2.75, 3.05) is 13.7 Å². The van der Waals surface area contributed by atoms with Gasteiger partial charge in [0, 0.05) is 19.8 Å². The molecule has 0 bridgehead atoms. The molecule has 0 aliphatic carbocycles. The molecule has 0 aromatic heterocycles. The number of hydrogen-bond donors (Lipinski definition) is 0. The zero-order valence-electron chi connectivity index (χ0n) is 44.3. The lowest BCUT2D eigenvalue weighted by Crippen LogP contribution is -2.53. The van der Waals surface area contributed by atoms with Crippen LogP contribution in [0, 0.1) is 0 Å². The molecular weight excluding hydrogens is 773 g/mol. The topological polar surface area (TPSA) is 27.7 Å². The van der Waals surface area contributed by atoms with Gasteiger partial charge in [-0.3, -0.25) is 0 Å². The lowest BCUT2D eigenvalue weighted by atomic mass is 9.85. The van der Waals surface area contributed by atoms with Crippen LogP contribution in [0.25, 0.3) is 0 Å². The molecule has 0 radical (unpaired) electrons. The minimum Gasteiger partial charge on any atom is -0.377 e. The third-order valence-corrected chi connectivity index (χ3v) is 17.3. The maximum atomic E-state index is 7.85. The van der Waals surface area contributed by atoms with Crippen molar-refractivity contribution in [3.63, 3.8) is 0 Å². The Morgan fingerprint density at radius 2 is 0.500 bits per heavy atom. The smallest absolute Gasteiger partial charge is 0.377 e. The summed E-state index contributed by atoms with van der Waals surface area (Å²) in [6.45, 7) is 12.5. The zero-order chi connectivity index (χ0) is 45.2. The van der Waals surface area contributed by atoms with Gasteiger partial charge in [-0.1, -0.05) is 317 Å². The van der Waals surface area contributed by atoms with Crippen LogP contribution in [0.1, 0.15) is 349 Å². The highest BCUT2D eigenvalue weighted by Gasteiger charge is 2.47. The maximum Gasteiger partial charge on any atom is 0.501 e. The fourth-order valence-electron chi connectivity index (χ4n) is 9.96. The van der Waals surface area contributed by atoms with Gasteiger partial charge in [0.1, 0.15) is 0 Å². The molecule has 0 aromatic rings. The van der Waals surface area contributed by atoms with E-state index in [0.717, 1.165) is 19.1 Å². The molecule has 62 heavy (non-hydrogen) atoms. The molecule has 1 unspecified atom stereocenters. The summed E-state index contributed by atoms with van der Waals surface area (Å²) in [7, 11) is -0.896. The van der Waals surface area contributed by atoms with Crippen LogP contribution in [-0.2, 0) is 13.3 Å². The van der Waals surface area contributed by atoms with Crippen molar-refractivity contribution in [2.24, 2.45) is 0 Å². The number of unbranched alkanes of at least 4 members (excludes halogenated alkanes) is 41. The summed E-state index contributed by atoms with van der Waals surface area (Å²) in [4.78, 5) is 0. The first-order chi connectivity index (χ1) is 30.6. The van der Waals surface area contributed by atoms with Crippen molar-refractivity contribution in [3.8, 4) is 0 Å². The molecule has 0 aliphatic rings. The van der Waals surface area contributed by atoms with Crippen molar-refractivity contribution in [2.45, 2.75) is 361 Å². The molecule has 0 aliphatic heterocycles. The van der Waals surface area contributed by atoms with Gasteiger partial charge in [-0.15, -0.1) is 0 Å². The van der Waals surface area contributed by atoms with Crippen molar-refractivity contribution in [1.29, 1.82) is 0 Å². The highest BCUT2D eigenvalue weighted by molar-refractivity contribution is 6.60. The molecule has 0 fully saturated rings. The summed E-state index contributed by atoms with van der Waals surface area (Å²) in [6.07, 6.45) is 66.8. The van der Waals surface area contributed by atoms with E-state index in [-0.39, 0.29) is 5.60 Å². The number of rotatable bonds is 55. The summed E-state index contributed by atoms with van der Waals surface area (Å²) in [6, 6.07) is 1.01. The van der Waals surface area contributed by atoms with Crippen LogP contribution in [0.3, 0.4) is 0 Å². The highest BCUT2D eigenvalue weighted by Crippen LogP contribution is 2.38. The van der Waals surface area contributed by atoms with Crippen LogP contribution in [0.4, 0.5) is 0 Å². The third kappa shape index (κ3) is 41.5. The molecular formula is C58H120O3Si. The Kier molecular flexibility index (Phi) is 50.6. The normalized spacial score (nSPS) is 13.1. The van der Waals surface area contributed by atoms with E-state index in [1.54, 1.807) is 0 Å². The minimum absolute atomic E-state index is 0.0946. The van der Waals surface area contributed by atoms with Crippen LogP contribution in [0.5, 0.6) is 0 Å². The van der Waals surface area contributed by atoms with Gasteiger partial charge < -0.3 is 13.3 Å². The standard InChI is InChI=1S/C58H120O3Si/c1-7-12-17-22-27-32-36-41-46-51-56-60-62(59-6,57-52-47-42-37-31-26-21-16-11-5)61-58(53-48-43-38-33-28-23-18-13-8-2,54-49-44-39-34-29-24-19-14-9-3)55-50-45-40-35-30-25-20-15-10-4/h7-57H2,1-6H3. The van der Waals surface area contributed by atoms with Crippen molar-refractivity contribution in [1.82, 2.24) is 0 Å². The largest absolute Gasteiger partial charge is 0.501 e. The zero-order valence-corrected chi connectivity index (χ0v) is 45.3. The predicted octanol–water partition coefficient (Wildman–Crippen LogP) is 21.6. The molecule has 0 spiro atoms. The molecule has 374 valence electrons. The average Bonchev–Trinajstić information content (AvgIpc) is 3.28. The summed E-state index contributed by atoms with van der Waals surface area (Å²) in [5, 5.41) is 0. The Morgan fingerprint density at radius 1 is 0.274 bits per heavy atom. The van der Waals surface area contributed by atoms with E-state index in [9.17, 15) is 0 Å². The van der Waals surface area contributed by atoms with Gasteiger partial charge in [0.25, 0.3) is 0 Å². The lowest BCUT2D eigenvalue weighted by Gasteiger charge is -2.42. The molecule has 0 saturated carbocycles. The van der Waals surface area contributed by atoms with E-state index in [2.05, 4.69) is 34.6 Å². The Hall–Kier alpha value is 0.0969. The van der Waals surface area contributed by atoms with Gasteiger partial charge in [0.15, 0.2) is 0 Å². The van der Waals surface area contributed by atoms with E-state index in [1.165, 1.54) is 308 Å². The van der Waals surface area contributed by atoms with E-state index in [4.69, 9.17) is 13.3 Å². The second-order valence-corrected chi connectivity index (χ2v) is 23.3. The molecule has 0 rings (SSSR count). The second-order valence-electron chi connectivity index (χ2n) is 20.5. The Morgan fingerprint density at radius 3 is 0.758 bits per heavy atom. The molecule has 3 nitrogen and oxygen atoms in total. The molecule has 0 N–H and O–H groups in total. The summed E-state index contributed by atoms with van der Waals surface area (Å²) in [5.41, 5.74) is -0.0946. The van der Waals surface area contributed by atoms with Crippen LogP contribution >= 0.6 is 0 Å². The van der Waals surface area contributed by atoms with E-state index in [1.807, 2.05) is 7.11 Å². The van der Waals surface area contributed by atoms with Crippen molar-refractivity contribution in [3.05, 3.63) is 0 Å².